The Bertz CT molecular complexity index is 481. The van der Waals surface area contributed by atoms with Gasteiger partial charge in [0, 0.05) is 6.54 Å². The molecule has 0 aromatic heterocycles. The highest BCUT2D eigenvalue weighted by molar-refractivity contribution is 5.94. The minimum absolute atomic E-state index is 0.0745. The molecule has 1 aliphatic carbocycles. The number of rotatable bonds is 3. The third-order valence-corrected chi connectivity index (χ3v) is 3.39. The van der Waals surface area contributed by atoms with E-state index in [9.17, 15) is 0 Å². The number of benzene rings is 1. The number of nitrogens with one attached hydrogen (secondary N) is 4. The van der Waals surface area contributed by atoms with Crippen molar-refractivity contribution < 1.29 is 0 Å². The smallest absolute Gasteiger partial charge is 0.195 e. The van der Waals surface area contributed by atoms with Crippen LogP contribution in [0.15, 0.2) is 18.2 Å². The minimum Gasteiger partial charge on any atom is -0.370 e. The van der Waals surface area contributed by atoms with Gasteiger partial charge in [-0.15, -0.1) is 0 Å². The minimum atomic E-state index is -0.216. The van der Waals surface area contributed by atoms with E-state index in [-0.39, 0.29) is 11.9 Å². The number of hydrogen-bond acceptors (Lipinski definition) is 2. The predicted molar refractivity (Wildman–Crippen MR) is 77.6 cm³/mol. The fourth-order valence-corrected chi connectivity index (χ4v) is 2.45. The molecule has 0 heterocycles. The van der Waals surface area contributed by atoms with Crippen molar-refractivity contribution in [2.45, 2.75) is 32.1 Å². The summed E-state index contributed by atoms with van der Waals surface area (Å²) in [6.45, 7) is 0.665. The number of aryl methyl sites for hydroxylation is 2. The van der Waals surface area contributed by atoms with Gasteiger partial charge in [-0.25, -0.2) is 0 Å². The Morgan fingerprint density at radius 1 is 1.16 bits per heavy atom. The van der Waals surface area contributed by atoms with E-state index in [0.29, 0.717) is 6.54 Å². The second-order valence-corrected chi connectivity index (χ2v) is 4.90. The van der Waals surface area contributed by atoms with Crippen molar-refractivity contribution in [3.05, 3.63) is 34.9 Å². The number of guanidine groups is 2. The molecular formula is C14H21N5. The van der Waals surface area contributed by atoms with E-state index < -0.39 is 0 Å². The van der Waals surface area contributed by atoms with E-state index in [2.05, 4.69) is 28.8 Å². The number of nitrogens with two attached hydrogens (primary N) is 1. The van der Waals surface area contributed by atoms with Crippen molar-refractivity contribution in [1.29, 1.82) is 10.8 Å². The topological polar surface area (TPSA) is 97.8 Å². The Morgan fingerprint density at radius 3 is 2.63 bits per heavy atom. The van der Waals surface area contributed by atoms with Crippen molar-refractivity contribution in [2.75, 3.05) is 6.54 Å². The molecule has 19 heavy (non-hydrogen) atoms. The Balaban J connectivity index is 1.83. The molecule has 0 saturated heterocycles. The first kappa shape index (κ1) is 13.4. The molecule has 1 aliphatic rings. The largest absolute Gasteiger partial charge is 0.370 e. The van der Waals surface area contributed by atoms with Gasteiger partial charge in [-0.05, 0) is 48.8 Å². The Hall–Kier alpha value is -2.04. The quantitative estimate of drug-likeness (QED) is 0.415. The monoisotopic (exact) mass is 259 g/mol. The maximum absolute atomic E-state index is 7.49. The standard InChI is InChI=1S/C14H21N5/c15-13(16)19-14(17)18-8-7-10-5-6-11-3-1-2-4-12(11)9-10/h5-6,9H,1-4,7-8H2,(H6,15,16,17,18,19). The predicted octanol–water partition coefficient (Wildman–Crippen LogP) is 1.12. The Morgan fingerprint density at radius 2 is 1.89 bits per heavy atom. The van der Waals surface area contributed by atoms with E-state index in [4.69, 9.17) is 16.6 Å². The lowest BCUT2D eigenvalue weighted by Crippen LogP contribution is -2.43. The lowest BCUT2D eigenvalue weighted by Gasteiger charge is -2.16. The average molecular weight is 259 g/mol. The molecule has 0 fully saturated rings. The summed E-state index contributed by atoms with van der Waals surface area (Å²) in [7, 11) is 0. The fraction of sp³-hybridized carbons (Fsp3) is 0.429. The molecule has 1 aromatic carbocycles. The molecule has 0 radical (unpaired) electrons. The van der Waals surface area contributed by atoms with Crippen molar-refractivity contribution in [3.8, 4) is 0 Å². The van der Waals surface area contributed by atoms with Crippen LogP contribution in [0, 0.1) is 10.8 Å². The maximum atomic E-state index is 7.49. The first-order valence-electron chi connectivity index (χ1n) is 6.69. The van der Waals surface area contributed by atoms with Crippen LogP contribution in [0.3, 0.4) is 0 Å². The van der Waals surface area contributed by atoms with Crippen LogP contribution in [0.1, 0.15) is 29.5 Å². The first-order valence-corrected chi connectivity index (χ1v) is 6.69. The van der Waals surface area contributed by atoms with Gasteiger partial charge >= 0.3 is 0 Å². The zero-order valence-electron chi connectivity index (χ0n) is 11.1. The van der Waals surface area contributed by atoms with Crippen LogP contribution in [0.25, 0.3) is 0 Å². The van der Waals surface area contributed by atoms with Gasteiger partial charge in [0.15, 0.2) is 11.9 Å². The van der Waals surface area contributed by atoms with Gasteiger partial charge < -0.3 is 11.1 Å². The van der Waals surface area contributed by atoms with Crippen LogP contribution >= 0.6 is 0 Å². The van der Waals surface area contributed by atoms with Crippen LogP contribution in [-0.2, 0) is 19.3 Å². The summed E-state index contributed by atoms with van der Waals surface area (Å²) < 4.78 is 0. The maximum Gasteiger partial charge on any atom is 0.195 e. The summed E-state index contributed by atoms with van der Waals surface area (Å²) in [4.78, 5) is 0. The molecule has 0 atom stereocenters. The van der Waals surface area contributed by atoms with Gasteiger partial charge in [0.1, 0.15) is 0 Å². The summed E-state index contributed by atoms with van der Waals surface area (Å²) in [6.07, 6.45) is 5.87. The molecular weight excluding hydrogens is 238 g/mol. The molecule has 102 valence electrons. The summed E-state index contributed by atoms with van der Waals surface area (Å²) in [5.74, 6) is -0.142. The number of fused-ring (bicyclic) bond motifs is 1. The van der Waals surface area contributed by atoms with Gasteiger partial charge in [0.25, 0.3) is 0 Å². The fourth-order valence-electron chi connectivity index (χ4n) is 2.45. The van der Waals surface area contributed by atoms with Gasteiger partial charge in [-0.3, -0.25) is 16.1 Å². The lowest BCUT2D eigenvalue weighted by atomic mass is 9.90. The molecule has 5 heteroatoms. The highest BCUT2D eigenvalue weighted by Gasteiger charge is 2.09. The highest BCUT2D eigenvalue weighted by atomic mass is 15.2. The molecule has 0 spiro atoms. The zero-order valence-corrected chi connectivity index (χ0v) is 11.1. The van der Waals surface area contributed by atoms with Crippen LogP contribution in [0.5, 0.6) is 0 Å². The van der Waals surface area contributed by atoms with Crippen LogP contribution in [0.2, 0.25) is 0 Å². The van der Waals surface area contributed by atoms with Gasteiger partial charge in [0.2, 0.25) is 0 Å². The zero-order chi connectivity index (χ0) is 13.7. The van der Waals surface area contributed by atoms with Crippen LogP contribution in [0.4, 0.5) is 0 Å². The molecule has 2 rings (SSSR count). The van der Waals surface area contributed by atoms with Crippen molar-refractivity contribution in [1.82, 2.24) is 10.6 Å². The van der Waals surface area contributed by atoms with Crippen LogP contribution < -0.4 is 16.4 Å². The second kappa shape index (κ2) is 6.22. The lowest BCUT2D eigenvalue weighted by molar-refractivity contribution is 0.683. The molecule has 0 saturated carbocycles. The van der Waals surface area contributed by atoms with Crippen molar-refractivity contribution in [2.24, 2.45) is 5.73 Å². The van der Waals surface area contributed by atoms with Gasteiger partial charge in [-0.2, -0.15) is 0 Å². The van der Waals surface area contributed by atoms with E-state index in [1.54, 1.807) is 0 Å². The third kappa shape index (κ3) is 3.98. The molecule has 5 nitrogen and oxygen atoms in total. The molecule has 0 aliphatic heterocycles. The molecule has 0 amide bonds. The SMILES string of the molecule is N=C(N)NC(=N)NCCc1ccc2c(c1)CCCC2. The first-order chi connectivity index (χ1) is 9.15. The Labute approximate surface area is 113 Å². The second-order valence-electron chi connectivity index (χ2n) is 4.90. The molecule has 6 N–H and O–H groups in total. The number of hydrogen-bond donors (Lipinski definition) is 5. The molecule has 0 bridgehead atoms. The van der Waals surface area contributed by atoms with Crippen molar-refractivity contribution >= 4 is 11.9 Å². The summed E-state index contributed by atoms with van der Waals surface area (Å²) in [5, 5.41) is 19.8. The van der Waals surface area contributed by atoms with E-state index in [1.165, 1.54) is 42.4 Å². The normalized spacial score (nSPS) is 13.5. The van der Waals surface area contributed by atoms with E-state index in [1.807, 2.05) is 0 Å². The van der Waals surface area contributed by atoms with Crippen LogP contribution in [-0.4, -0.2) is 18.5 Å². The third-order valence-electron chi connectivity index (χ3n) is 3.39. The molecule has 1 aromatic rings. The van der Waals surface area contributed by atoms with E-state index >= 15 is 0 Å². The summed E-state index contributed by atoms with van der Waals surface area (Å²) in [6, 6.07) is 6.70. The summed E-state index contributed by atoms with van der Waals surface area (Å²) >= 11 is 0. The van der Waals surface area contributed by atoms with Crippen molar-refractivity contribution in [3.63, 3.8) is 0 Å². The van der Waals surface area contributed by atoms with Gasteiger partial charge in [0.05, 0.1) is 0 Å². The highest BCUT2D eigenvalue weighted by Crippen LogP contribution is 2.22. The average Bonchev–Trinajstić information content (AvgIpc) is 2.37. The van der Waals surface area contributed by atoms with E-state index in [0.717, 1.165) is 6.42 Å². The molecule has 0 unspecified atom stereocenters. The summed E-state index contributed by atoms with van der Waals surface area (Å²) in [5.41, 5.74) is 9.42. The van der Waals surface area contributed by atoms with Gasteiger partial charge in [-0.1, -0.05) is 18.2 Å². The Kier molecular flexibility index (Phi) is 4.39.